The Morgan fingerprint density at radius 3 is 2.75 bits per heavy atom. The van der Waals surface area contributed by atoms with Gasteiger partial charge in [-0.25, -0.2) is 0 Å². The third-order valence-corrected chi connectivity index (χ3v) is 4.21. The molecule has 2 aromatic rings. The van der Waals surface area contributed by atoms with Crippen LogP contribution in [-0.2, 0) is 16.1 Å². The fourth-order valence-corrected chi connectivity index (χ4v) is 3.10. The van der Waals surface area contributed by atoms with Crippen LogP contribution < -0.4 is 15.0 Å². The molecular formula is C18H17ClN2O3. The first-order valence-corrected chi connectivity index (χ1v) is 7.89. The SMILES string of the molecule is COc1ccccc1CN1C(=O)[C@@H](NC(C)=O)c2cc(Cl)ccc21. The van der Waals surface area contributed by atoms with E-state index in [1.165, 1.54) is 6.92 Å². The van der Waals surface area contributed by atoms with Crippen molar-refractivity contribution in [3.8, 4) is 5.75 Å². The summed E-state index contributed by atoms with van der Waals surface area (Å²) in [6, 6.07) is 12.1. The van der Waals surface area contributed by atoms with Crippen LogP contribution in [0.5, 0.6) is 5.75 Å². The number of para-hydroxylation sites is 1. The van der Waals surface area contributed by atoms with Crippen molar-refractivity contribution in [3.05, 3.63) is 58.6 Å². The maximum Gasteiger partial charge on any atom is 0.254 e. The minimum absolute atomic E-state index is 0.187. The van der Waals surface area contributed by atoms with E-state index in [9.17, 15) is 9.59 Å². The molecule has 2 amide bonds. The number of halogens is 1. The van der Waals surface area contributed by atoms with Crippen molar-refractivity contribution in [2.24, 2.45) is 0 Å². The summed E-state index contributed by atoms with van der Waals surface area (Å²) in [6.07, 6.45) is 0. The lowest BCUT2D eigenvalue weighted by molar-refractivity contribution is -0.126. The van der Waals surface area contributed by atoms with Crippen molar-refractivity contribution >= 4 is 29.1 Å². The van der Waals surface area contributed by atoms with E-state index < -0.39 is 6.04 Å². The maximum absolute atomic E-state index is 12.8. The second-order valence-corrected chi connectivity index (χ2v) is 6.01. The number of rotatable bonds is 4. The van der Waals surface area contributed by atoms with E-state index in [-0.39, 0.29) is 11.8 Å². The number of methoxy groups -OCH3 is 1. The molecular weight excluding hydrogens is 328 g/mol. The van der Waals surface area contributed by atoms with Crippen LogP contribution in [0.25, 0.3) is 0 Å². The van der Waals surface area contributed by atoms with E-state index in [0.29, 0.717) is 22.9 Å². The Kier molecular flexibility index (Phi) is 4.44. The van der Waals surface area contributed by atoms with Gasteiger partial charge >= 0.3 is 0 Å². The quantitative estimate of drug-likeness (QED) is 0.927. The van der Waals surface area contributed by atoms with Crippen molar-refractivity contribution in [1.29, 1.82) is 0 Å². The summed E-state index contributed by atoms with van der Waals surface area (Å²) in [5, 5.41) is 3.22. The van der Waals surface area contributed by atoms with Gasteiger partial charge in [-0.15, -0.1) is 0 Å². The van der Waals surface area contributed by atoms with Crippen molar-refractivity contribution < 1.29 is 14.3 Å². The summed E-state index contributed by atoms with van der Waals surface area (Å²) in [4.78, 5) is 26.0. The molecule has 5 nitrogen and oxygen atoms in total. The molecule has 1 atom stereocenters. The Balaban J connectivity index is 2.00. The maximum atomic E-state index is 12.8. The lowest BCUT2D eigenvalue weighted by atomic mass is 10.1. The van der Waals surface area contributed by atoms with Crippen molar-refractivity contribution in [1.82, 2.24) is 5.32 Å². The summed E-state index contributed by atoms with van der Waals surface area (Å²) < 4.78 is 5.36. The molecule has 0 spiro atoms. The molecule has 124 valence electrons. The number of benzene rings is 2. The van der Waals surface area contributed by atoms with Gasteiger partial charge in [-0.1, -0.05) is 29.8 Å². The second kappa shape index (κ2) is 6.53. The average molecular weight is 345 g/mol. The Labute approximate surface area is 145 Å². The van der Waals surface area contributed by atoms with Gasteiger partial charge in [0.1, 0.15) is 11.8 Å². The highest BCUT2D eigenvalue weighted by atomic mass is 35.5. The van der Waals surface area contributed by atoms with Crippen LogP contribution in [0.1, 0.15) is 24.1 Å². The minimum atomic E-state index is -0.717. The van der Waals surface area contributed by atoms with Crippen molar-refractivity contribution in [2.45, 2.75) is 19.5 Å². The number of fused-ring (bicyclic) bond motifs is 1. The molecule has 0 aromatic heterocycles. The first-order chi connectivity index (χ1) is 11.5. The number of anilines is 1. The first-order valence-electron chi connectivity index (χ1n) is 7.51. The summed E-state index contributed by atoms with van der Waals surface area (Å²) in [6.45, 7) is 1.74. The van der Waals surface area contributed by atoms with Gasteiger partial charge in [0.15, 0.2) is 0 Å². The molecule has 0 saturated carbocycles. The second-order valence-electron chi connectivity index (χ2n) is 5.57. The Bertz CT molecular complexity index is 807. The Morgan fingerprint density at radius 1 is 1.29 bits per heavy atom. The topological polar surface area (TPSA) is 58.6 Å². The number of amides is 2. The van der Waals surface area contributed by atoms with Crippen LogP contribution in [0.4, 0.5) is 5.69 Å². The number of nitrogens with one attached hydrogen (secondary N) is 1. The third-order valence-electron chi connectivity index (χ3n) is 3.97. The molecule has 0 saturated heterocycles. The number of nitrogens with zero attached hydrogens (tertiary/aromatic N) is 1. The highest BCUT2D eigenvalue weighted by Crippen LogP contribution is 2.39. The normalized spacial score (nSPS) is 16.0. The van der Waals surface area contributed by atoms with Crippen LogP contribution >= 0.6 is 11.6 Å². The Morgan fingerprint density at radius 2 is 2.04 bits per heavy atom. The van der Waals surface area contributed by atoms with Gasteiger partial charge in [0.25, 0.3) is 5.91 Å². The van der Waals surface area contributed by atoms with Gasteiger partial charge in [-0.2, -0.15) is 0 Å². The molecule has 1 aliphatic rings. The minimum Gasteiger partial charge on any atom is -0.496 e. The molecule has 0 radical (unpaired) electrons. The van der Waals surface area contributed by atoms with Crippen LogP contribution in [0.2, 0.25) is 5.02 Å². The predicted molar refractivity (Wildman–Crippen MR) is 92.2 cm³/mol. The Hall–Kier alpha value is -2.53. The van der Waals surface area contributed by atoms with E-state index in [1.54, 1.807) is 30.2 Å². The molecule has 2 aromatic carbocycles. The first kappa shape index (κ1) is 16.3. The largest absolute Gasteiger partial charge is 0.496 e. The number of carbonyl (C=O) groups excluding carboxylic acids is 2. The zero-order valence-corrected chi connectivity index (χ0v) is 14.1. The fourth-order valence-electron chi connectivity index (χ4n) is 2.92. The fraction of sp³-hybridized carbons (Fsp3) is 0.222. The smallest absolute Gasteiger partial charge is 0.254 e. The van der Waals surface area contributed by atoms with Crippen molar-refractivity contribution in [2.75, 3.05) is 12.0 Å². The molecule has 6 heteroatoms. The standard InChI is InChI=1S/C18H17ClN2O3/c1-11(22)20-17-14-9-13(19)7-8-15(14)21(18(17)23)10-12-5-3-4-6-16(12)24-2/h3-9,17H,10H2,1-2H3,(H,20,22)/t17-/m0/s1. The highest BCUT2D eigenvalue weighted by molar-refractivity contribution is 6.31. The lowest BCUT2D eigenvalue weighted by Crippen LogP contribution is -2.36. The average Bonchev–Trinajstić information content (AvgIpc) is 2.80. The van der Waals surface area contributed by atoms with Gasteiger partial charge in [-0.3, -0.25) is 9.59 Å². The molecule has 0 aliphatic carbocycles. The molecule has 1 N–H and O–H groups in total. The number of ether oxygens (including phenoxy) is 1. The molecule has 24 heavy (non-hydrogen) atoms. The molecule has 0 unspecified atom stereocenters. The predicted octanol–water partition coefficient (Wildman–Crippen LogP) is 3.07. The van der Waals surface area contributed by atoms with Gasteiger partial charge in [0.05, 0.1) is 13.7 Å². The van der Waals surface area contributed by atoms with Crippen molar-refractivity contribution in [3.63, 3.8) is 0 Å². The van der Waals surface area contributed by atoms with Crippen LogP contribution in [-0.4, -0.2) is 18.9 Å². The van der Waals surface area contributed by atoms with Gasteiger partial charge in [-0.05, 0) is 24.3 Å². The third kappa shape index (κ3) is 2.95. The summed E-state index contributed by atoms with van der Waals surface area (Å²) >= 11 is 6.07. The molecule has 0 bridgehead atoms. The van der Waals surface area contributed by atoms with E-state index in [2.05, 4.69) is 5.32 Å². The molecule has 1 heterocycles. The highest BCUT2D eigenvalue weighted by Gasteiger charge is 2.38. The van der Waals surface area contributed by atoms with Gasteiger partial charge in [0.2, 0.25) is 5.91 Å². The van der Waals surface area contributed by atoms with E-state index in [4.69, 9.17) is 16.3 Å². The molecule has 0 fully saturated rings. The molecule has 1 aliphatic heterocycles. The molecule has 3 rings (SSSR count). The van der Waals surface area contributed by atoms with Crippen LogP contribution in [0.15, 0.2) is 42.5 Å². The lowest BCUT2D eigenvalue weighted by Gasteiger charge is -2.19. The summed E-state index contributed by atoms with van der Waals surface area (Å²) in [7, 11) is 1.60. The zero-order valence-electron chi connectivity index (χ0n) is 13.4. The number of carbonyl (C=O) groups is 2. The summed E-state index contributed by atoms with van der Waals surface area (Å²) in [5.74, 6) is 0.260. The van der Waals surface area contributed by atoms with Crippen LogP contribution in [0, 0.1) is 0 Å². The monoisotopic (exact) mass is 344 g/mol. The number of hydrogen-bond acceptors (Lipinski definition) is 3. The zero-order chi connectivity index (χ0) is 17.3. The van der Waals surface area contributed by atoms with Gasteiger partial charge < -0.3 is 15.0 Å². The number of hydrogen-bond donors (Lipinski definition) is 1. The summed E-state index contributed by atoms with van der Waals surface area (Å²) in [5.41, 5.74) is 2.34. The van der Waals surface area contributed by atoms with Gasteiger partial charge in [0, 0.05) is 28.8 Å². The van der Waals surface area contributed by atoms with Crippen LogP contribution in [0.3, 0.4) is 0 Å². The van der Waals surface area contributed by atoms with E-state index in [1.807, 2.05) is 24.3 Å². The van der Waals surface area contributed by atoms with E-state index >= 15 is 0 Å². The van der Waals surface area contributed by atoms with E-state index in [0.717, 1.165) is 11.3 Å².